The summed E-state index contributed by atoms with van der Waals surface area (Å²) in [6.07, 6.45) is 3.64. The van der Waals surface area contributed by atoms with Crippen LogP contribution in [0.2, 0.25) is 0 Å². The molecule has 0 unspecified atom stereocenters. The number of unbranched alkanes of at least 4 members (excludes halogenated alkanes) is 2. The number of nitrogens with one attached hydrogen (secondary N) is 1. The molecule has 0 saturated heterocycles. The first-order chi connectivity index (χ1) is 9.37. The predicted octanol–water partition coefficient (Wildman–Crippen LogP) is 3.82. The number of rotatable bonds is 8. The maximum absolute atomic E-state index is 13.1. The van der Waals surface area contributed by atoms with E-state index in [0.717, 1.165) is 25.2 Å². The van der Waals surface area contributed by atoms with Gasteiger partial charge in [-0.15, -0.1) is 0 Å². The molecular weight excluding hydrogens is 251 g/mol. The molecule has 3 heteroatoms. The minimum Gasteiger partial charge on any atom is -0.312 e. The Kier molecular flexibility index (Phi) is 7.17. The average molecular weight is 280 g/mol. The summed E-state index contributed by atoms with van der Waals surface area (Å²) in [4.78, 5) is 2.26. The lowest BCUT2D eigenvalue weighted by atomic mass is 10.1. The van der Waals surface area contributed by atoms with Crippen molar-refractivity contribution in [1.29, 1.82) is 0 Å². The van der Waals surface area contributed by atoms with Gasteiger partial charge in [-0.3, -0.25) is 0 Å². The van der Waals surface area contributed by atoms with Gasteiger partial charge in [0.1, 0.15) is 5.82 Å². The van der Waals surface area contributed by atoms with E-state index in [9.17, 15) is 4.39 Å². The molecular formula is C17H29FN2. The van der Waals surface area contributed by atoms with Crippen molar-refractivity contribution in [3.63, 3.8) is 0 Å². The third-order valence-electron chi connectivity index (χ3n) is 3.21. The van der Waals surface area contributed by atoms with Crippen LogP contribution in [0.4, 0.5) is 4.39 Å². The van der Waals surface area contributed by atoms with Crippen LogP contribution in [0.15, 0.2) is 24.3 Å². The second-order valence-corrected chi connectivity index (χ2v) is 6.61. The Hall–Kier alpha value is -0.930. The molecule has 0 atom stereocenters. The van der Waals surface area contributed by atoms with Crippen molar-refractivity contribution in [1.82, 2.24) is 10.2 Å². The quantitative estimate of drug-likeness (QED) is 0.728. The monoisotopic (exact) mass is 280 g/mol. The largest absolute Gasteiger partial charge is 0.312 e. The fourth-order valence-electron chi connectivity index (χ4n) is 2.17. The molecule has 2 nitrogen and oxygen atoms in total. The van der Waals surface area contributed by atoms with E-state index in [-0.39, 0.29) is 11.4 Å². The van der Waals surface area contributed by atoms with Crippen LogP contribution in [-0.2, 0) is 6.54 Å². The Morgan fingerprint density at radius 2 is 1.90 bits per heavy atom. The summed E-state index contributed by atoms with van der Waals surface area (Å²) >= 11 is 0. The normalized spacial score (nSPS) is 12.1. The summed E-state index contributed by atoms with van der Waals surface area (Å²) in [5.41, 5.74) is 1.26. The van der Waals surface area contributed by atoms with E-state index in [4.69, 9.17) is 0 Å². The molecule has 0 radical (unpaired) electrons. The van der Waals surface area contributed by atoms with E-state index in [0.29, 0.717) is 0 Å². The van der Waals surface area contributed by atoms with Gasteiger partial charge in [0.15, 0.2) is 0 Å². The highest BCUT2D eigenvalue weighted by atomic mass is 19.1. The van der Waals surface area contributed by atoms with Crippen LogP contribution in [0.3, 0.4) is 0 Å². The highest BCUT2D eigenvalue weighted by molar-refractivity contribution is 5.15. The molecule has 0 aromatic heterocycles. The Morgan fingerprint density at radius 3 is 2.55 bits per heavy atom. The molecule has 0 fully saturated rings. The summed E-state index contributed by atoms with van der Waals surface area (Å²) in [5.74, 6) is -0.149. The first-order valence-corrected chi connectivity index (χ1v) is 7.55. The zero-order valence-electron chi connectivity index (χ0n) is 13.4. The number of hydrogen-bond acceptors (Lipinski definition) is 2. The Morgan fingerprint density at radius 1 is 1.15 bits per heavy atom. The van der Waals surface area contributed by atoms with Crippen molar-refractivity contribution >= 4 is 0 Å². The third-order valence-corrected chi connectivity index (χ3v) is 3.21. The molecule has 1 aromatic carbocycles. The van der Waals surface area contributed by atoms with E-state index in [1.165, 1.54) is 25.3 Å². The van der Waals surface area contributed by atoms with Crippen molar-refractivity contribution in [2.45, 2.75) is 52.1 Å². The summed E-state index contributed by atoms with van der Waals surface area (Å²) in [5, 5.41) is 3.50. The Bertz CT molecular complexity index is 385. The highest BCUT2D eigenvalue weighted by Crippen LogP contribution is 2.07. The van der Waals surface area contributed by atoms with Crippen molar-refractivity contribution < 1.29 is 4.39 Å². The van der Waals surface area contributed by atoms with Gasteiger partial charge in [-0.1, -0.05) is 18.6 Å². The molecule has 0 spiro atoms. The molecule has 1 aromatic rings. The standard InChI is InChI=1S/C17H29FN2/c1-17(2,3)19-11-6-5-7-12-20(4)14-15-9-8-10-16(18)13-15/h8-10,13,19H,5-7,11-12,14H2,1-4H3. The van der Waals surface area contributed by atoms with Crippen LogP contribution in [0, 0.1) is 5.82 Å². The highest BCUT2D eigenvalue weighted by Gasteiger charge is 2.07. The van der Waals surface area contributed by atoms with Crippen LogP contribution in [0.25, 0.3) is 0 Å². The summed E-state index contributed by atoms with van der Waals surface area (Å²) in [6.45, 7) is 9.54. The molecule has 0 amide bonds. The summed E-state index contributed by atoms with van der Waals surface area (Å²) in [7, 11) is 2.10. The van der Waals surface area contributed by atoms with Crippen molar-refractivity contribution in [2.75, 3.05) is 20.1 Å². The molecule has 0 heterocycles. The number of halogens is 1. The zero-order valence-corrected chi connectivity index (χ0v) is 13.4. The Labute approximate surface area is 123 Å². The lowest BCUT2D eigenvalue weighted by Crippen LogP contribution is -2.36. The number of benzene rings is 1. The lowest BCUT2D eigenvalue weighted by molar-refractivity contribution is 0.314. The molecule has 0 aliphatic rings. The van der Waals surface area contributed by atoms with Crippen LogP contribution >= 0.6 is 0 Å². The molecule has 0 saturated carbocycles. The van der Waals surface area contributed by atoms with Gasteiger partial charge in [0.25, 0.3) is 0 Å². The molecule has 20 heavy (non-hydrogen) atoms. The summed E-state index contributed by atoms with van der Waals surface area (Å²) < 4.78 is 13.1. The maximum Gasteiger partial charge on any atom is 0.123 e. The fraction of sp³-hybridized carbons (Fsp3) is 0.647. The van der Waals surface area contributed by atoms with Crippen molar-refractivity contribution in [3.8, 4) is 0 Å². The van der Waals surface area contributed by atoms with E-state index < -0.39 is 0 Å². The van der Waals surface area contributed by atoms with Crippen LogP contribution in [-0.4, -0.2) is 30.6 Å². The minimum atomic E-state index is -0.149. The SMILES string of the molecule is CN(CCCCCNC(C)(C)C)Cc1cccc(F)c1. The van der Waals surface area contributed by atoms with Gasteiger partial charge in [0.2, 0.25) is 0 Å². The minimum absolute atomic E-state index is 0.149. The third kappa shape index (κ3) is 8.28. The van der Waals surface area contributed by atoms with Gasteiger partial charge in [-0.2, -0.15) is 0 Å². The second kappa shape index (κ2) is 8.38. The second-order valence-electron chi connectivity index (χ2n) is 6.61. The zero-order chi connectivity index (χ0) is 15.0. The van der Waals surface area contributed by atoms with Crippen LogP contribution < -0.4 is 5.32 Å². The van der Waals surface area contributed by atoms with Crippen molar-refractivity contribution in [3.05, 3.63) is 35.6 Å². The molecule has 0 aliphatic heterocycles. The first kappa shape index (κ1) is 17.1. The van der Waals surface area contributed by atoms with Gasteiger partial charge in [0.05, 0.1) is 0 Å². The molecule has 1 N–H and O–H groups in total. The Balaban J connectivity index is 2.10. The molecule has 0 aliphatic carbocycles. The van der Waals surface area contributed by atoms with E-state index >= 15 is 0 Å². The molecule has 0 bridgehead atoms. The first-order valence-electron chi connectivity index (χ1n) is 7.55. The average Bonchev–Trinajstić information content (AvgIpc) is 2.32. The van der Waals surface area contributed by atoms with E-state index in [2.05, 4.69) is 38.0 Å². The van der Waals surface area contributed by atoms with Gasteiger partial charge >= 0.3 is 0 Å². The number of hydrogen-bond donors (Lipinski definition) is 1. The van der Waals surface area contributed by atoms with Gasteiger partial charge in [-0.25, -0.2) is 4.39 Å². The smallest absolute Gasteiger partial charge is 0.123 e. The van der Waals surface area contributed by atoms with Crippen LogP contribution in [0.5, 0.6) is 0 Å². The van der Waals surface area contributed by atoms with E-state index in [1.807, 2.05) is 6.07 Å². The van der Waals surface area contributed by atoms with Crippen LogP contribution in [0.1, 0.15) is 45.6 Å². The van der Waals surface area contributed by atoms with E-state index in [1.54, 1.807) is 12.1 Å². The molecule has 114 valence electrons. The molecule has 1 rings (SSSR count). The number of nitrogens with zero attached hydrogens (tertiary/aromatic N) is 1. The van der Waals surface area contributed by atoms with Gasteiger partial charge < -0.3 is 10.2 Å². The lowest BCUT2D eigenvalue weighted by Gasteiger charge is -2.20. The van der Waals surface area contributed by atoms with Gasteiger partial charge in [-0.05, 0) is 71.4 Å². The van der Waals surface area contributed by atoms with Gasteiger partial charge in [0, 0.05) is 12.1 Å². The topological polar surface area (TPSA) is 15.3 Å². The maximum atomic E-state index is 13.1. The van der Waals surface area contributed by atoms with Crippen molar-refractivity contribution in [2.24, 2.45) is 0 Å². The fourth-order valence-corrected chi connectivity index (χ4v) is 2.17. The predicted molar refractivity (Wildman–Crippen MR) is 84.3 cm³/mol. The summed E-state index contributed by atoms with van der Waals surface area (Å²) in [6, 6.07) is 6.86.